The largest absolute Gasteiger partial charge is 0.472 e. The SMILES string of the molecule is CCCCCCC(=O)CCCCCCCCCOCC(COP(=O)(O)OCC[N+](C)(C)C)OCC. The molecule has 0 fully saturated rings. The van der Waals surface area contributed by atoms with E-state index in [1.165, 1.54) is 38.5 Å². The summed E-state index contributed by atoms with van der Waals surface area (Å²) in [6.07, 6.45) is 13.6. The van der Waals surface area contributed by atoms with Crippen LogP contribution in [0.5, 0.6) is 0 Å². The second-order valence-electron chi connectivity index (χ2n) is 10.3. The first-order chi connectivity index (χ1) is 16.6. The maximum Gasteiger partial charge on any atom is 0.472 e. The topological polar surface area (TPSA) is 91.3 Å². The van der Waals surface area contributed by atoms with Gasteiger partial charge in [0.1, 0.15) is 25.0 Å². The maximum absolute atomic E-state index is 12.0. The lowest BCUT2D eigenvalue weighted by molar-refractivity contribution is -0.870. The van der Waals surface area contributed by atoms with Crippen LogP contribution in [-0.2, 0) is 27.9 Å². The molecule has 0 saturated heterocycles. The maximum atomic E-state index is 12.0. The number of unbranched alkanes of at least 4 members (excludes halogenated alkanes) is 9. The third-order valence-electron chi connectivity index (χ3n) is 5.70. The molecule has 0 spiro atoms. The van der Waals surface area contributed by atoms with Crippen molar-refractivity contribution in [3.05, 3.63) is 0 Å². The fourth-order valence-electron chi connectivity index (χ4n) is 3.52. The molecule has 8 nitrogen and oxygen atoms in total. The molecule has 210 valence electrons. The van der Waals surface area contributed by atoms with E-state index < -0.39 is 13.9 Å². The van der Waals surface area contributed by atoms with Gasteiger partial charge in [-0.15, -0.1) is 0 Å². The zero-order valence-electron chi connectivity index (χ0n) is 23.3. The monoisotopic (exact) mass is 524 g/mol. The van der Waals surface area contributed by atoms with Gasteiger partial charge >= 0.3 is 7.82 Å². The van der Waals surface area contributed by atoms with Crippen molar-refractivity contribution in [1.29, 1.82) is 0 Å². The molecule has 35 heavy (non-hydrogen) atoms. The third kappa shape index (κ3) is 25.1. The van der Waals surface area contributed by atoms with E-state index in [1.54, 1.807) is 0 Å². The molecular formula is C26H55NO7P+. The molecule has 0 aliphatic carbocycles. The van der Waals surface area contributed by atoms with Gasteiger partial charge in [0.2, 0.25) is 0 Å². The van der Waals surface area contributed by atoms with Gasteiger partial charge in [0, 0.05) is 26.1 Å². The molecular weight excluding hydrogens is 469 g/mol. The summed E-state index contributed by atoms with van der Waals surface area (Å²) in [5, 5.41) is 0. The van der Waals surface area contributed by atoms with Crippen LogP contribution in [0.3, 0.4) is 0 Å². The van der Waals surface area contributed by atoms with E-state index in [1.807, 2.05) is 28.1 Å². The van der Waals surface area contributed by atoms with E-state index >= 15 is 0 Å². The number of ketones is 1. The number of phosphoric acid groups is 1. The summed E-state index contributed by atoms with van der Waals surface area (Å²) < 4.78 is 34.1. The Kier molecular flexibility index (Phi) is 21.5. The third-order valence-corrected chi connectivity index (χ3v) is 6.68. The average molecular weight is 525 g/mol. The molecule has 0 rings (SSSR count). The first-order valence-corrected chi connectivity index (χ1v) is 15.2. The van der Waals surface area contributed by atoms with Crippen LogP contribution in [-0.4, -0.2) is 82.0 Å². The quantitative estimate of drug-likeness (QED) is 0.0855. The number of quaternary nitrogens is 1. The van der Waals surface area contributed by atoms with Crippen molar-refractivity contribution in [3.63, 3.8) is 0 Å². The minimum atomic E-state index is -4.10. The van der Waals surface area contributed by atoms with Gasteiger partial charge in [-0.1, -0.05) is 58.3 Å². The summed E-state index contributed by atoms with van der Waals surface area (Å²) in [7, 11) is 1.85. The van der Waals surface area contributed by atoms with Gasteiger partial charge in [0.05, 0.1) is 34.4 Å². The molecule has 0 bridgehead atoms. The van der Waals surface area contributed by atoms with Crippen molar-refractivity contribution in [2.75, 3.05) is 60.7 Å². The predicted octanol–water partition coefficient (Wildman–Crippen LogP) is 5.91. The molecule has 0 saturated carbocycles. The predicted molar refractivity (Wildman–Crippen MR) is 142 cm³/mol. The fraction of sp³-hybridized carbons (Fsp3) is 0.962. The van der Waals surface area contributed by atoms with Gasteiger partial charge in [0.15, 0.2) is 0 Å². The van der Waals surface area contributed by atoms with E-state index in [2.05, 4.69) is 6.92 Å². The van der Waals surface area contributed by atoms with Crippen LogP contribution in [0, 0.1) is 0 Å². The number of ether oxygens (including phenoxy) is 2. The van der Waals surface area contributed by atoms with Gasteiger partial charge in [-0.2, -0.15) is 0 Å². The summed E-state index contributed by atoms with van der Waals surface area (Å²) in [4.78, 5) is 21.7. The lowest BCUT2D eigenvalue weighted by atomic mass is 10.0. The number of hydrogen-bond acceptors (Lipinski definition) is 6. The first kappa shape index (κ1) is 34.7. The number of rotatable bonds is 26. The normalized spacial score (nSPS) is 14.7. The van der Waals surface area contributed by atoms with Crippen LogP contribution >= 0.6 is 7.82 Å². The first-order valence-electron chi connectivity index (χ1n) is 13.7. The van der Waals surface area contributed by atoms with Crippen LogP contribution in [0.1, 0.15) is 97.3 Å². The second kappa shape index (κ2) is 21.7. The van der Waals surface area contributed by atoms with E-state index in [-0.39, 0.29) is 13.2 Å². The molecule has 0 radical (unpaired) electrons. The highest BCUT2D eigenvalue weighted by atomic mass is 31.2. The average Bonchev–Trinajstić information content (AvgIpc) is 2.77. The Balaban J connectivity index is 3.72. The van der Waals surface area contributed by atoms with Gasteiger partial charge in [-0.05, 0) is 26.2 Å². The molecule has 1 N–H and O–H groups in total. The summed E-state index contributed by atoms with van der Waals surface area (Å²) in [5.41, 5.74) is 0. The molecule has 0 aromatic rings. The van der Waals surface area contributed by atoms with Crippen molar-refractivity contribution in [1.82, 2.24) is 0 Å². The standard InChI is InChI=1S/C26H54NO7P/c1-6-8-9-15-18-25(28)19-16-13-11-10-12-14-17-21-31-23-26(32-7-2)24-34-35(29,30)33-22-20-27(3,4)5/h26H,6-24H2,1-5H3/p+1. The van der Waals surface area contributed by atoms with Crippen LogP contribution < -0.4 is 0 Å². The minimum absolute atomic E-state index is 0.0484. The van der Waals surface area contributed by atoms with Crippen molar-refractivity contribution in [2.45, 2.75) is 103 Å². The van der Waals surface area contributed by atoms with Crippen LogP contribution in [0.4, 0.5) is 0 Å². The number of likely N-dealkylation sites (N-methyl/N-ethyl adjacent to an activating group) is 1. The molecule has 9 heteroatoms. The molecule has 0 aliphatic heterocycles. The highest BCUT2D eigenvalue weighted by Crippen LogP contribution is 2.43. The number of carbonyl (C=O) groups is 1. The van der Waals surface area contributed by atoms with Crippen molar-refractivity contribution < 1.29 is 37.3 Å². The number of phosphoric ester groups is 1. The molecule has 0 aromatic heterocycles. The van der Waals surface area contributed by atoms with Gasteiger partial charge < -0.3 is 18.9 Å². The number of hydrogen-bond donors (Lipinski definition) is 1. The lowest BCUT2D eigenvalue weighted by Gasteiger charge is -2.24. The second-order valence-corrected chi connectivity index (χ2v) is 11.8. The van der Waals surface area contributed by atoms with Crippen LogP contribution in [0.2, 0.25) is 0 Å². The van der Waals surface area contributed by atoms with E-state index in [4.69, 9.17) is 18.5 Å². The van der Waals surface area contributed by atoms with Crippen molar-refractivity contribution in [3.8, 4) is 0 Å². The number of nitrogens with zero attached hydrogens (tertiary/aromatic N) is 1. The van der Waals surface area contributed by atoms with Gasteiger partial charge in [-0.3, -0.25) is 13.8 Å². The smallest absolute Gasteiger partial charge is 0.379 e. The molecule has 0 aromatic carbocycles. The summed E-state index contributed by atoms with van der Waals surface area (Å²) in [6.45, 7) is 6.18. The fourth-order valence-corrected chi connectivity index (χ4v) is 4.27. The van der Waals surface area contributed by atoms with Crippen LogP contribution in [0.25, 0.3) is 0 Å². The highest BCUT2D eigenvalue weighted by Gasteiger charge is 2.24. The Bertz CT molecular complexity index is 554. The van der Waals surface area contributed by atoms with Crippen LogP contribution in [0.15, 0.2) is 0 Å². The zero-order chi connectivity index (χ0) is 26.4. The Morgan fingerprint density at radius 3 is 1.94 bits per heavy atom. The molecule has 2 atom stereocenters. The Labute approximate surface area is 215 Å². The Morgan fingerprint density at radius 1 is 0.800 bits per heavy atom. The summed E-state index contributed by atoms with van der Waals surface area (Å²) in [5.74, 6) is 0.434. The lowest BCUT2D eigenvalue weighted by Crippen LogP contribution is -2.37. The van der Waals surface area contributed by atoms with Crippen molar-refractivity contribution >= 4 is 13.6 Å². The molecule has 0 amide bonds. The minimum Gasteiger partial charge on any atom is -0.379 e. The Hall–Kier alpha value is -0.340. The Morgan fingerprint density at radius 2 is 1.37 bits per heavy atom. The summed E-state index contributed by atoms with van der Waals surface area (Å²) in [6, 6.07) is 0. The molecule has 0 aliphatic rings. The van der Waals surface area contributed by atoms with E-state index in [9.17, 15) is 14.3 Å². The summed E-state index contributed by atoms with van der Waals surface area (Å²) >= 11 is 0. The highest BCUT2D eigenvalue weighted by molar-refractivity contribution is 7.47. The molecule has 0 heterocycles. The molecule has 2 unspecified atom stereocenters. The van der Waals surface area contributed by atoms with E-state index in [0.717, 1.165) is 44.9 Å². The number of carbonyl (C=O) groups excluding carboxylic acids is 1. The zero-order valence-corrected chi connectivity index (χ0v) is 24.2. The van der Waals surface area contributed by atoms with Gasteiger partial charge in [0.25, 0.3) is 0 Å². The van der Waals surface area contributed by atoms with Gasteiger partial charge in [-0.25, -0.2) is 4.57 Å². The van der Waals surface area contributed by atoms with Crippen molar-refractivity contribution in [2.24, 2.45) is 0 Å². The number of Topliss-reactive ketones (excluding diaryl/α,β-unsaturated/α-hetero) is 1. The van der Waals surface area contributed by atoms with E-state index in [0.29, 0.717) is 36.6 Å².